The molecule has 0 bridgehead atoms. The highest BCUT2D eigenvalue weighted by Gasteiger charge is 2.41. The second-order valence-corrected chi connectivity index (χ2v) is 23.9. The molecule has 4 aliphatic rings. The van der Waals surface area contributed by atoms with Gasteiger partial charge in [-0.25, -0.2) is 0 Å². The van der Waals surface area contributed by atoms with Crippen LogP contribution in [0.25, 0.3) is 62.6 Å². The van der Waals surface area contributed by atoms with Gasteiger partial charge in [0.05, 0.1) is 0 Å². The van der Waals surface area contributed by atoms with E-state index in [2.05, 4.69) is 182 Å². The van der Waals surface area contributed by atoms with Gasteiger partial charge in [0.2, 0.25) is 6.71 Å². The van der Waals surface area contributed by atoms with Gasteiger partial charge in [0, 0.05) is 46.6 Å². The minimum atomic E-state index is 0.0801. The van der Waals surface area contributed by atoms with Crippen molar-refractivity contribution in [3.8, 4) is 22.3 Å². The van der Waals surface area contributed by atoms with Gasteiger partial charge in [-0.3, -0.25) is 0 Å². The molecule has 0 saturated carbocycles. The highest BCUT2D eigenvalue weighted by Crippen LogP contribution is 2.53. The van der Waals surface area contributed by atoms with Gasteiger partial charge in [-0.2, -0.15) is 0 Å². The summed E-state index contributed by atoms with van der Waals surface area (Å²) < 4.78 is 5.50. The molecule has 304 valence electrons. The maximum absolute atomic E-state index is 2.64. The first-order chi connectivity index (χ1) is 29.7. The highest BCUT2D eigenvalue weighted by atomic mass is 32.1. The summed E-state index contributed by atoms with van der Waals surface area (Å²) in [5, 5.41) is 5.69. The van der Waals surface area contributed by atoms with Crippen molar-refractivity contribution < 1.29 is 0 Å². The second kappa shape index (κ2) is 12.3. The van der Waals surface area contributed by atoms with Gasteiger partial charge in [0.1, 0.15) is 0 Å². The Hall–Kier alpha value is -5.16. The summed E-state index contributed by atoms with van der Waals surface area (Å²) in [4.78, 5) is 2.64. The minimum absolute atomic E-state index is 0.0801. The fourth-order valence-electron chi connectivity index (χ4n) is 12.6. The lowest BCUT2D eigenvalue weighted by Gasteiger charge is -2.43. The van der Waals surface area contributed by atoms with Crippen LogP contribution in [0.1, 0.15) is 103 Å². The third-order valence-electron chi connectivity index (χ3n) is 16.2. The lowest BCUT2D eigenvalue weighted by atomic mass is 9.35. The van der Waals surface area contributed by atoms with Crippen molar-refractivity contribution in [2.24, 2.45) is 0 Å². The van der Waals surface area contributed by atoms with Crippen LogP contribution in [0.3, 0.4) is 0 Å². The van der Waals surface area contributed by atoms with Crippen LogP contribution in [0, 0.1) is 0 Å². The second-order valence-electron chi connectivity index (χ2n) is 21.7. The van der Waals surface area contributed by atoms with Crippen molar-refractivity contribution in [3.05, 3.63) is 144 Å². The van der Waals surface area contributed by atoms with Gasteiger partial charge in [-0.1, -0.05) is 132 Å². The van der Waals surface area contributed by atoms with Gasteiger partial charge in [-0.15, -0.1) is 22.7 Å². The quantitative estimate of drug-likeness (QED) is 0.160. The summed E-state index contributed by atoms with van der Waals surface area (Å²) in [6.07, 6.45) is 4.77. The zero-order chi connectivity index (χ0) is 42.2. The number of thiophene rings is 2. The van der Waals surface area contributed by atoms with E-state index in [1.807, 2.05) is 22.7 Å². The number of hydrogen-bond acceptors (Lipinski definition) is 3. The van der Waals surface area contributed by atoms with Crippen molar-refractivity contribution in [2.75, 3.05) is 4.90 Å². The Bertz CT molecular complexity index is 3220. The summed E-state index contributed by atoms with van der Waals surface area (Å²) in [5.41, 5.74) is 19.9. The average molecular weight is 838 g/mol. The predicted molar refractivity (Wildman–Crippen MR) is 273 cm³/mol. The fourth-order valence-corrected chi connectivity index (χ4v) is 14.9. The van der Waals surface area contributed by atoms with Crippen LogP contribution < -0.4 is 21.3 Å². The Morgan fingerprint density at radius 2 is 0.774 bits per heavy atom. The molecule has 9 aromatic rings. The molecular formula is C58H52BNS2. The lowest BCUT2D eigenvalue weighted by Crippen LogP contribution is -2.53. The summed E-state index contributed by atoms with van der Waals surface area (Å²) >= 11 is 3.90. The monoisotopic (exact) mass is 837 g/mol. The van der Waals surface area contributed by atoms with Gasteiger partial charge in [0.25, 0.3) is 0 Å². The number of anilines is 3. The molecule has 2 aliphatic carbocycles. The van der Waals surface area contributed by atoms with Crippen LogP contribution in [-0.4, -0.2) is 6.71 Å². The van der Waals surface area contributed by atoms with Crippen LogP contribution in [0.5, 0.6) is 0 Å². The third kappa shape index (κ3) is 4.97. The van der Waals surface area contributed by atoms with Crippen molar-refractivity contribution in [1.29, 1.82) is 0 Å². The van der Waals surface area contributed by atoms with Crippen LogP contribution >= 0.6 is 22.7 Å². The Morgan fingerprint density at radius 3 is 1.21 bits per heavy atom. The average Bonchev–Trinajstić information content (AvgIpc) is 3.77. The lowest BCUT2D eigenvalue weighted by molar-refractivity contribution is 0.332. The summed E-state index contributed by atoms with van der Waals surface area (Å²) in [6.45, 7) is 19.7. The Labute approximate surface area is 374 Å². The molecule has 4 heteroatoms. The zero-order valence-corrected chi connectivity index (χ0v) is 38.8. The predicted octanol–water partition coefficient (Wildman–Crippen LogP) is 15.1. The largest absolute Gasteiger partial charge is 0.310 e. The normalized spacial score (nSPS) is 18.2. The van der Waals surface area contributed by atoms with Crippen LogP contribution in [0.15, 0.2) is 121 Å². The summed E-state index contributed by atoms with van der Waals surface area (Å²) in [5.74, 6) is 0. The topological polar surface area (TPSA) is 3.24 Å². The van der Waals surface area contributed by atoms with Crippen molar-refractivity contribution >= 4 is 103 Å². The molecule has 7 aromatic carbocycles. The van der Waals surface area contributed by atoms with Gasteiger partial charge in [0.15, 0.2) is 0 Å². The minimum Gasteiger partial charge on any atom is -0.310 e. The van der Waals surface area contributed by atoms with Crippen molar-refractivity contribution in [2.45, 2.75) is 103 Å². The van der Waals surface area contributed by atoms with E-state index >= 15 is 0 Å². The first-order valence-electron chi connectivity index (χ1n) is 22.9. The first-order valence-corrected chi connectivity index (χ1v) is 24.5. The van der Waals surface area contributed by atoms with Crippen LogP contribution in [0.2, 0.25) is 0 Å². The molecule has 62 heavy (non-hydrogen) atoms. The number of nitrogens with zero attached hydrogens (tertiary/aromatic N) is 1. The molecule has 0 fully saturated rings. The highest BCUT2D eigenvalue weighted by molar-refractivity contribution is 7.27. The van der Waals surface area contributed by atoms with E-state index in [9.17, 15) is 0 Å². The van der Waals surface area contributed by atoms with Crippen molar-refractivity contribution in [3.63, 3.8) is 0 Å². The zero-order valence-electron chi connectivity index (χ0n) is 37.2. The Balaban J connectivity index is 1.18. The molecule has 0 unspecified atom stereocenters. The Kier molecular flexibility index (Phi) is 7.42. The molecule has 0 radical (unpaired) electrons. The number of rotatable bonds is 3. The van der Waals surface area contributed by atoms with Crippen molar-refractivity contribution in [1.82, 2.24) is 0 Å². The van der Waals surface area contributed by atoms with E-state index in [4.69, 9.17) is 0 Å². The molecule has 2 aliphatic heterocycles. The number of benzene rings is 7. The van der Waals surface area contributed by atoms with Crippen LogP contribution in [-0.2, 0) is 21.7 Å². The maximum atomic E-state index is 2.64. The van der Waals surface area contributed by atoms with E-state index in [-0.39, 0.29) is 28.4 Å². The molecule has 1 nitrogen and oxygen atoms in total. The molecule has 0 saturated heterocycles. The molecular weight excluding hydrogens is 786 g/mol. The molecule has 13 rings (SSSR count). The molecule has 0 amide bonds. The van der Waals surface area contributed by atoms with Crippen LogP contribution in [0.4, 0.5) is 17.1 Å². The smallest absolute Gasteiger partial charge is 0.244 e. The maximum Gasteiger partial charge on any atom is 0.244 e. The summed E-state index contributed by atoms with van der Waals surface area (Å²) in [6, 6.07) is 48.6. The van der Waals surface area contributed by atoms with Gasteiger partial charge < -0.3 is 4.90 Å². The van der Waals surface area contributed by atoms with E-state index in [1.165, 1.54) is 144 Å². The fraction of sp³-hybridized carbons (Fsp3) is 0.276. The van der Waals surface area contributed by atoms with E-state index in [0.717, 1.165) is 0 Å². The standard InChI is InChI=1S/C58H52BNS2/c1-55(2)25-27-57(5,6)42-31-33(21-23-40(42)55)60(34-22-24-41-43(32-34)58(7,8)28-26-56(41,3)4)35-29-38-36-13-9-17-46-50(36)52-44(15-11-19-48(52)61-46)59-45-16-12-20-49-53(45)51-37(39(30-35)54(38)59)14-10-18-47(51)62-49/h9-24,29-32H,25-28H2,1-8H3. The van der Waals surface area contributed by atoms with Gasteiger partial charge in [-0.05, 0) is 163 Å². The molecule has 0 spiro atoms. The molecule has 4 heterocycles. The summed E-state index contributed by atoms with van der Waals surface area (Å²) in [7, 11) is 0. The van der Waals surface area contributed by atoms with E-state index in [1.54, 1.807) is 0 Å². The molecule has 0 atom stereocenters. The SMILES string of the molecule is CC1(C)CCC(C)(C)c2cc(N(c3cc4c5c(c3)-c3cccc6sc7cccc(c7c36)B5c3cccc5sc6cccc-4c6c35)c3ccc4c(c3)C(C)(C)CCC4(C)C)ccc21. The first kappa shape index (κ1) is 37.4. The number of fused-ring (bicyclic) bond motifs is 6. The Morgan fingerprint density at radius 1 is 0.387 bits per heavy atom. The van der Waals surface area contributed by atoms with Gasteiger partial charge >= 0.3 is 0 Å². The third-order valence-corrected chi connectivity index (χ3v) is 18.5. The molecule has 0 N–H and O–H groups in total. The van der Waals surface area contributed by atoms with E-state index < -0.39 is 0 Å². The van der Waals surface area contributed by atoms with E-state index in [0.29, 0.717) is 0 Å². The molecule has 2 aromatic heterocycles. The number of hydrogen-bond donors (Lipinski definition) is 0.